The number of hydrogen-bond acceptors (Lipinski definition) is 5. The number of phenols is 1. The van der Waals surface area contributed by atoms with E-state index >= 15 is 0 Å². The lowest BCUT2D eigenvalue weighted by Crippen LogP contribution is -2.43. The molecule has 2 rings (SSSR count). The number of aliphatic hydroxyl groups is 2. The van der Waals surface area contributed by atoms with Gasteiger partial charge in [-0.05, 0) is 62.8 Å². The molecular weight excluding hydrogens is 342 g/mol. The van der Waals surface area contributed by atoms with E-state index in [1.54, 1.807) is 13.2 Å². The zero-order chi connectivity index (χ0) is 19.6. The molecule has 154 valence electrons. The number of nitrogens with zero attached hydrogens (tertiary/aromatic N) is 1. The lowest BCUT2D eigenvalue weighted by Gasteiger charge is -2.34. The summed E-state index contributed by atoms with van der Waals surface area (Å²) in [6, 6.07) is 5.97. The van der Waals surface area contributed by atoms with Gasteiger partial charge in [-0.25, -0.2) is 0 Å². The molecule has 1 saturated heterocycles. The fourth-order valence-corrected chi connectivity index (χ4v) is 4.23. The van der Waals surface area contributed by atoms with Crippen molar-refractivity contribution in [3.63, 3.8) is 0 Å². The second-order valence-electron chi connectivity index (χ2n) is 7.80. The lowest BCUT2D eigenvalue weighted by molar-refractivity contribution is 0.0649. The van der Waals surface area contributed by atoms with Crippen LogP contribution in [-0.4, -0.2) is 58.7 Å². The van der Waals surface area contributed by atoms with Crippen LogP contribution in [0.1, 0.15) is 63.9 Å². The highest BCUT2D eigenvalue weighted by Crippen LogP contribution is 2.29. The zero-order valence-corrected chi connectivity index (χ0v) is 16.9. The van der Waals surface area contributed by atoms with Gasteiger partial charge in [-0.3, -0.25) is 4.90 Å². The molecule has 5 nitrogen and oxygen atoms in total. The molecule has 3 unspecified atom stereocenters. The van der Waals surface area contributed by atoms with Crippen molar-refractivity contribution in [2.75, 3.05) is 20.3 Å². The monoisotopic (exact) mass is 379 g/mol. The number of aliphatic hydroxyl groups excluding tert-OH is 2. The largest absolute Gasteiger partial charge is 0.504 e. The molecule has 0 amide bonds. The summed E-state index contributed by atoms with van der Waals surface area (Å²) in [6.45, 7) is 3.36. The standard InChI is InChI=1S/C22H37NO4/c1-3-4-5-8-20(25)15-18(23-13-6-7-19(23)16-24)11-9-17-10-12-21(26)22(14-17)27-2/h10,12,14,18-20,24-26H,3-9,11,13,15-16H2,1-2H3. The molecule has 0 aliphatic carbocycles. The SMILES string of the molecule is CCCCCC(O)CC(CCc1ccc(O)c(OC)c1)N1CCCC1CO. The third-order valence-electron chi connectivity index (χ3n) is 5.80. The van der Waals surface area contributed by atoms with E-state index in [4.69, 9.17) is 4.74 Å². The predicted molar refractivity (Wildman–Crippen MR) is 108 cm³/mol. The van der Waals surface area contributed by atoms with Crippen LogP contribution in [0.5, 0.6) is 11.5 Å². The van der Waals surface area contributed by atoms with Crippen molar-refractivity contribution in [3.8, 4) is 11.5 Å². The Hall–Kier alpha value is -1.30. The number of unbranched alkanes of at least 4 members (excludes halogenated alkanes) is 2. The highest BCUT2D eigenvalue weighted by molar-refractivity contribution is 5.41. The van der Waals surface area contributed by atoms with Gasteiger partial charge in [-0.2, -0.15) is 0 Å². The first-order chi connectivity index (χ1) is 13.1. The molecule has 3 atom stereocenters. The summed E-state index contributed by atoms with van der Waals surface area (Å²) in [7, 11) is 1.56. The first kappa shape index (κ1) is 22.0. The fraction of sp³-hybridized carbons (Fsp3) is 0.727. The molecule has 0 spiro atoms. The molecule has 1 aromatic rings. The van der Waals surface area contributed by atoms with Crippen LogP contribution in [0.4, 0.5) is 0 Å². The number of aryl methyl sites for hydroxylation is 1. The van der Waals surface area contributed by atoms with Crippen LogP contribution < -0.4 is 4.74 Å². The van der Waals surface area contributed by atoms with E-state index in [0.29, 0.717) is 5.75 Å². The molecule has 1 heterocycles. The number of phenolic OH excluding ortho intramolecular Hbond substituents is 1. The zero-order valence-electron chi connectivity index (χ0n) is 16.9. The Labute approximate surface area is 164 Å². The van der Waals surface area contributed by atoms with Crippen molar-refractivity contribution in [1.29, 1.82) is 0 Å². The Kier molecular flexibility index (Phi) is 9.39. The van der Waals surface area contributed by atoms with Crippen molar-refractivity contribution < 1.29 is 20.1 Å². The summed E-state index contributed by atoms with van der Waals surface area (Å²) in [5, 5.41) is 30.0. The van der Waals surface area contributed by atoms with Gasteiger partial charge in [0.25, 0.3) is 0 Å². The minimum absolute atomic E-state index is 0.157. The Morgan fingerprint density at radius 3 is 2.78 bits per heavy atom. The van der Waals surface area contributed by atoms with Gasteiger partial charge in [-0.1, -0.05) is 32.3 Å². The van der Waals surface area contributed by atoms with Crippen molar-refractivity contribution in [2.24, 2.45) is 0 Å². The highest BCUT2D eigenvalue weighted by atomic mass is 16.5. The molecule has 5 heteroatoms. The number of methoxy groups -OCH3 is 1. The predicted octanol–water partition coefficient (Wildman–Crippen LogP) is 3.49. The molecule has 3 N–H and O–H groups in total. The van der Waals surface area contributed by atoms with Crippen molar-refractivity contribution in [1.82, 2.24) is 4.90 Å². The summed E-state index contributed by atoms with van der Waals surface area (Å²) >= 11 is 0. The molecular formula is C22H37NO4. The van der Waals surface area contributed by atoms with Gasteiger partial charge >= 0.3 is 0 Å². The number of likely N-dealkylation sites (tertiary alicyclic amines) is 1. The quantitative estimate of drug-likeness (QED) is 0.485. The molecule has 27 heavy (non-hydrogen) atoms. The maximum absolute atomic E-state index is 10.5. The smallest absolute Gasteiger partial charge is 0.160 e. The molecule has 1 aromatic carbocycles. The normalized spacial score (nSPS) is 19.9. The van der Waals surface area contributed by atoms with Crippen LogP contribution in [0.3, 0.4) is 0 Å². The molecule has 0 bridgehead atoms. The van der Waals surface area contributed by atoms with Crippen molar-refractivity contribution in [3.05, 3.63) is 23.8 Å². The fourth-order valence-electron chi connectivity index (χ4n) is 4.23. The number of benzene rings is 1. The summed E-state index contributed by atoms with van der Waals surface area (Å²) in [5.74, 6) is 0.655. The van der Waals surface area contributed by atoms with E-state index in [2.05, 4.69) is 11.8 Å². The van der Waals surface area contributed by atoms with E-state index in [1.165, 1.54) is 0 Å². The average molecular weight is 380 g/mol. The van der Waals surface area contributed by atoms with Crippen LogP contribution in [0.15, 0.2) is 18.2 Å². The summed E-state index contributed by atoms with van der Waals surface area (Å²) in [6.07, 6.45) is 8.67. The van der Waals surface area contributed by atoms with Crippen LogP contribution in [-0.2, 0) is 6.42 Å². The summed E-state index contributed by atoms with van der Waals surface area (Å²) in [5.41, 5.74) is 1.12. The minimum Gasteiger partial charge on any atom is -0.504 e. The van der Waals surface area contributed by atoms with Gasteiger partial charge in [-0.15, -0.1) is 0 Å². The topological polar surface area (TPSA) is 73.2 Å². The average Bonchev–Trinajstić information content (AvgIpc) is 3.15. The lowest BCUT2D eigenvalue weighted by atomic mass is 9.96. The maximum Gasteiger partial charge on any atom is 0.160 e. The number of ether oxygens (including phenoxy) is 1. The van der Waals surface area contributed by atoms with E-state index < -0.39 is 0 Å². The Morgan fingerprint density at radius 1 is 1.26 bits per heavy atom. The number of rotatable bonds is 12. The van der Waals surface area contributed by atoms with Gasteiger partial charge in [0.1, 0.15) is 0 Å². The van der Waals surface area contributed by atoms with Crippen molar-refractivity contribution >= 4 is 0 Å². The summed E-state index contributed by atoms with van der Waals surface area (Å²) in [4.78, 5) is 2.40. The molecule has 1 aliphatic heterocycles. The second kappa shape index (κ2) is 11.5. The van der Waals surface area contributed by atoms with Crippen LogP contribution >= 0.6 is 0 Å². The first-order valence-corrected chi connectivity index (χ1v) is 10.5. The molecule has 1 fully saturated rings. The van der Waals surface area contributed by atoms with Crippen LogP contribution in [0, 0.1) is 0 Å². The summed E-state index contributed by atoms with van der Waals surface area (Å²) < 4.78 is 5.21. The van der Waals surface area contributed by atoms with Gasteiger partial charge in [0.15, 0.2) is 11.5 Å². The van der Waals surface area contributed by atoms with Crippen LogP contribution in [0.2, 0.25) is 0 Å². The Bertz CT molecular complexity index is 551. The highest BCUT2D eigenvalue weighted by Gasteiger charge is 2.31. The molecule has 1 aliphatic rings. The molecule has 0 saturated carbocycles. The van der Waals surface area contributed by atoms with Crippen LogP contribution in [0.25, 0.3) is 0 Å². The molecule has 0 aromatic heterocycles. The Morgan fingerprint density at radius 2 is 2.07 bits per heavy atom. The minimum atomic E-state index is -0.282. The third-order valence-corrected chi connectivity index (χ3v) is 5.80. The Balaban J connectivity index is 2.00. The maximum atomic E-state index is 10.5. The van der Waals surface area contributed by atoms with Gasteiger partial charge in [0, 0.05) is 12.1 Å². The van der Waals surface area contributed by atoms with E-state index in [1.807, 2.05) is 12.1 Å². The van der Waals surface area contributed by atoms with Gasteiger partial charge in [0.2, 0.25) is 0 Å². The first-order valence-electron chi connectivity index (χ1n) is 10.5. The van der Waals surface area contributed by atoms with E-state index in [-0.39, 0.29) is 30.5 Å². The number of aromatic hydroxyl groups is 1. The van der Waals surface area contributed by atoms with Gasteiger partial charge < -0.3 is 20.1 Å². The van der Waals surface area contributed by atoms with E-state index in [9.17, 15) is 15.3 Å². The molecule has 0 radical (unpaired) electrons. The van der Waals surface area contributed by atoms with Gasteiger partial charge in [0.05, 0.1) is 19.8 Å². The van der Waals surface area contributed by atoms with E-state index in [0.717, 1.165) is 69.9 Å². The third kappa shape index (κ3) is 6.66. The number of hydrogen-bond donors (Lipinski definition) is 3. The van der Waals surface area contributed by atoms with Crippen molar-refractivity contribution in [2.45, 2.75) is 82.9 Å². The second-order valence-corrected chi connectivity index (χ2v) is 7.80.